The number of carbonyl (C=O) groups excluding carboxylic acids is 2. The molecule has 2 N–H and O–H groups in total. The minimum atomic E-state index is -0.687. The van der Waals surface area contributed by atoms with Gasteiger partial charge in [-0.25, -0.2) is 4.79 Å². The minimum absolute atomic E-state index is 0.0634. The topological polar surface area (TPSA) is 85.9 Å². The normalized spacial score (nSPS) is 23.0. The van der Waals surface area contributed by atoms with Gasteiger partial charge in [0, 0.05) is 18.2 Å². The molecule has 3 atom stereocenters. The average Bonchev–Trinajstić information content (AvgIpc) is 2.74. The third-order valence-corrected chi connectivity index (χ3v) is 5.07. The summed E-state index contributed by atoms with van der Waals surface area (Å²) in [7, 11) is 0. The Morgan fingerprint density at radius 2 is 1.72 bits per heavy atom. The van der Waals surface area contributed by atoms with Crippen molar-refractivity contribution in [2.24, 2.45) is 0 Å². The molecular formula is C22H24N2O5. The largest absolute Gasteiger partial charge is 0.485 e. The Morgan fingerprint density at radius 1 is 0.966 bits per heavy atom. The molecule has 2 aliphatic rings. The van der Waals surface area contributed by atoms with E-state index in [2.05, 4.69) is 10.6 Å². The van der Waals surface area contributed by atoms with Crippen molar-refractivity contribution in [2.45, 2.75) is 43.9 Å². The molecule has 4 rings (SSSR count). The molecule has 2 amide bonds. The molecule has 3 unspecified atom stereocenters. The maximum Gasteiger partial charge on any atom is 0.411 e. The van der Waals surface area contributed by atoms with Crippen LogP contribution in [0, 0.1) is 0 Å². The van der Waals surface area contributed by atoms with Gasteiger partial charge < -0.3 is 19.5 Å². The third-order valence-electron chi connectivity index (χ3n) is 5.07. The van der Waals surface area contributed by atoms with E-state index in [0.29, 0.717) is 23.6 Å². The van der Waals surface area contributed by atoms with Gasteiger partial charge in [0.05, 0.1) is 0 Å². The minimum Gasteiger partial charge on any atom is -0.485 e. The van der Waals surface area contributed by atoms with Crippen LogP contribution in [0.15, 0.2) is 54.6 Å². The van der Waals surface area contributed by atoms with Gasteiger partial charge in [0.15, 0.2) is 11.5 Å². The van der Waals surface area contributed by atoms with Crippen LogP contribution < -0.4 is 20.1 Å². The summed E-state index contributed by atoms with van der Waals surface area (Å²) in [5.41, 5.74) is 0.688. The van der Waals surface area contributed by atoms with E-state index in [-0.39, 0.29) is 24.7 Å². The van der Waals surface area contributed by atoms with Gasteiger partial charge in [-0.2, -0.15) is 0 Å². The van der Waals surface area contributed by atoms with Gasteiger partial charge in [-0.3, -0.25) is 10.1 Å². The number of rotatable bonds is 4. The lowest BCUT2D eigenvalue weighted by atomic mass is 9.92. The summed E-state index contributed by atoms with van der Waals surface area (Å²) in [6.45, 7) is 0.176. The molecule has 1 aliphatic heterocycles. The summed E-state index contributed by atoms with van der Waals surface area (Å²) in [5, 5.41) is 5.74. The molecule has 7 heteroatoms. The van der Waals surface area contributed by atoms with Crippen LogP contribution in [0.25, 0.3) is 0 Å². The highest BCUT2D eigenvalue weighted by molar-refractivity contribution is 5.84. The molecule has 0 bridgehead atoms. The summed E-state index contributed by atoms with van der Waals surface area (Å²) in [5.74, 6) is 1.01. The van der Waals surface area contributed by atoms with Crippen LogP contribution in [0.3, 0.4) is 0 Å². The molecule has 0 aromatic heterocycles. The van der Waals surface area contributed by atoms with Crippen LogP contribution in [0.1, 0.15) is 25.7 Å². The number of nitrogens with one attached hydrogen (secondary N) is 2. The monoisotopic (exact) mass is 396 g/mol. The number of para-hydroxylation sites is 3. The van der Waals surface area contributed by atoms with Crippen LogP contribution in [0.2, 0.25) is 0 Å². The fourth-order valence-electron chi connectivity index (χ4n) is 3.65. The van der Waals surface area contributed by atoms with Crippen LogP contribution >= 0.6 is 0 Å². The van der Waals surface area contributed by atoms with Crippen molar-refractivity contribution in [1.29, 1.82) is 0 Å². The highest BCUT2D eigenvalue weighted by atomic mass is 16.6. The Bertz CT molecular complexity index is 857. The summed E-state index contributed by atoms with van der Waals surface area (Å²) < 4.78 is 16.9. The zero-order chi connectivity index (χ0) is 20.1. The van der Waals surface area contributed by atoms with Crippen molar-refractivity contribution in [2.75, 3.05) is 11.9 Å². The fraction of sp³-hybridized carbons (Fsp3) is 0.364. The van der Waals surface area contributed by atoms with Crippen molar-refractivity contribution < 1.29 is 23.8 Å². The quantitative estimate of drug-likeness (QED) is 0.826. The van der Waals surface area contributed by atoms with Gasteiger partial charge in [0.25, 0.3) is 5.91 Å². The fourth-order valence-corrected chi connectivity index (χ4v) is 3.65. The second-order valence-electron chi connectivity index (χ2n) is 7.25. The molecule has 29 heavy (non-hydrogen) atoms. The number of amides is 2. The van der Waals surface area contributed by atoms with Crippen molar-refractivity contribution in [1.82, 2.24) is 5.32 Å². The molecule has 1 heterocycles. The Labute approximate surface area is 169 Å². The second-order valence-corrected chi connectivity index (χ2v) is 7.25. The number of ether oxygens (including phenoxy) is 3. The number of hydrogen-bond donors (Lipinski definition) is 2. The van der Waals surface area contributed by atoms with Crippen LogP contribution in [0.4, 0.5) is 10.5 Å². The lowest BCUT2D eigenvalue weighted by Crippen LogP contribution is -2.49. The van der Waals surface area contributed by atoms with Gasteiger partial charge in [-0.15, -0.1) is 0 Å². The van der Waals surface area contributed by atoms with E-state index in [4.69, 9.17) is 14.2 Å². The zero-order valence-corrected chi connectivity index (χ0v) is 16.0. The Kier molecular flexibility index (Phi) is 5.84. The highest BCUT2D eigenvalue weighted by Gasteiger charge is 2.31. The molecular weight excluding hydrogens is 372 g/mol. The smallest absolute Gasteiger partial charge is 0.411 e. The maximum atomic E-state index is 12.6. The van der Waals surface area contributed by atoms with E-state index in [1.165, 1.54) is 0 Å². The van der Waals surface area contributed by atoms with Crippen LogP contribution in [0.5, 0.6) is 11.5 Å². The molecule has 2 aromatic carbocycles. The zero-order valence-electron chi connectivity index (χ0n) is 16.0. The van der Waals surface area contributed by atoms with Gasteiger partial charge in [0.2, 0.25) is 6.10 Å². The first-order valence-corrected chi connectivity index (χ1v) is 9.89. The molecule has 7 nitrogen and oxygen atoms in total. The summed E-state index contributed by atoms with van der Waals surface area (Å²) in [6.07, 6.45) is 1.68. The first-order valence-electron chi connectivity index (χ1n) is 9.89. The number of hydrogen-bond acceptors (Lipinski definition) is 5. The third kappa shape index (κ3) is 4.99. The van der Waals surface area contributed by atoms with Crippen molar-refractivity contribution in [3.8, 4) is 11.5 Å². The van der Waals surface area contributed by atoms with Crippen LogP contribution in [-0.2, 0) is 9.53 Å². The van der Waals surface area contributed by atoms with E-state index in [9.17, 15) is 9.59 Å². The Hall–Kier alpha value is -3.22. The predicted molar refractivity (Wildman–Crippen MR) is 107 cm³/mol. The van der Waals surface area contributed by atoms with E-state index in [1.807, 2.05) is 36.4 Å². The molecule has 1 aliphatic carbocycles. The number of fused-ring (bicyclic) bond motifs is 1. The SMILES string of the molecule is O=C(Nc1ccccc1)OC1CCCC(NC(=O)C2COc3ccccc3O2)C1. The van der Waals surface area contributed by atoms with Crippen molar-refractivity contribution >= 4 is 17.7 Å². The molecule has 2 aromatic rings. The predicted octanol–water partition coefficient (Wildman–Crippen LogP) is 3.50. The van der Waals surface area contributed by atoms with E-state index in [1.54, 1.807) is 18.2 Å². The second kappa shape index (κ2) is 8.86. The summed E-state index contributed by atoms with van der Waals surface area (Å²) >= 11 is 0. The van der Waals surface area contributed by atoms with Gasteiger partial charge >= 0.3 is 6.09 Å². The first kappa shape index (κ1) is 19.1. The van der Waals surface area contributed by atoms with Gasteiger partial charge in [-0.1, -0.05) is 30.3 Å². The lowest BCUT2D eigenvalue weighted by Gasteiger charge is -2.31. The van der Waals surface area contributed by atoms with Gasteiger partial charge in [-0.05, 0) is 43.5 Å². The van der Waals surface area contributed by atoms with Crippen molar-refractivity contribution in [3.63, 3.8) is 0 Å². The number of anilines is 1. The molecule has 0 saturated heterocycles. The Balaban J connectivity index is 1.26. The molecule has 0 spiro atoms. The molecule has 152 valence electrons. The standard InChI is InChI=1S/C22H24N2O5/c25-21(20-14-27-18-11-4-5-12-19(18)29-20)23-16-9-6-10-17(13-16)28-22(26)24-15-7-2-1-3-8-15/h1-5,7-8,11-12,16-17,20H,6,9-10,13-14H2,(H,23,25)(H,24,26). The van der Waals surface area contributed by atoms with E-state index in [0.717, 1.165) is 19.3 Å². The molecule has 1 fully saturated rings. The Morgan fingerprint density at radius 3 is 2.55 bits per heavy atom. The summed E-state index contributed by atoms with van der Waals surface area (Å²) in [6, 6.07) is 16.4. The van der Waals surface area contributed by atoms with E-state index < -0.39 is 12.2 Å². The lowest BCUT2D eigenvalue weighted by molar-refractivity contribution is -0.131. The van der Waals surface area contributed by atoms with E-state index >= 15 is 0 Å². The first-order chi connectivity index (χ1) is 14.2. The van der Waals surface area contributed by atoms with Crippen molar-refractivity contribution in [3.05, 3.63) is 54.6 Å². The van der Waals surface area contributed by atoms with Crippen LogP contribution in [-0.4, -0.2) is 36.9 Å². The molecule has 0 radical (unpaired) electrons. The average molecular weight is 396 g/mol. The highest BCUT2D eigenvalue weighted by Crippen LogP contribution is 2.31. The number of carbonyl (C=O) groups is 2. The summed E-state index contributed by atoms with van der Waals surface area (Å²) in [4.78, 5) is 24.7. The number of benzene rings is 2. The maximum absolute atomic E-state index is 12.6. The van der Waals surface area contributed by atoms with Gasteiger partial charge in [0.1, 0.15) is 12.7 Å². The molecule has 1 saturated carbocycles.